The largest absolute Gasteiger partial charge is 0.348 e. The number of hydrogen-bond donors (Lipinski definition) is 1. The number of hydrogen-bond acceptors (Lipinski definition) is 1. The lowest BCUT2D eigenvalue weighted by Gasteiger charge is -2.06. The van der Waals surface area contributed by atoms with Crippen molar-refractivity contribution in [3.63, 3.8) is 0 Å². The van der Waals surface area contributed by atoms with Gasteiger partial charge in [0.2, 0.25) is 0 Å². The number of amides is 1. The van der Waals surface area contributed by atoms with Crippen molar-refractivity contribution in [1.82, 2.24) is 5.32 Å². The van der Waals surface area contributed by atoms with Gasteiger partial charge in [0.05, 0.1) is 0 Å². The summed E-state index contributed by atoms with van der Waals surface area (Å²) in [5, 5.41) is 3.36. The van der Waals surface area contributed by atoms with E-state index in [0.29, 0.717) is 16.0 Å². The Morgan fingerprint density at radius 1 is 1.21 bits per heavy atom. The van der Waals surface area contributed by atoms with E-state index in [0.717, 1.165) is 5.56 Å². The Labute approximate surface area is 123 Å². The maximum atomic E-state index is 13.2. The smallest absolute Gasteiger partial charge is 0.251 e. The fourth-order valence-corrected chi connectivity index (χ4v) is 2.16. The van der Waals surface area contributed by atoms with Crippen LogP contribution in [0.1, 0.15) is 15.9 Å². The van der Waals surface area contributed by atoms with Crippen LogP contribution in [-0.4, -0.2) is 5.91 Å². The molecule has 2 aromatic carbocycles. The quantitative estimate of drug-likeness (QED) is 0.891. The maximum absolute atomic E-state index is 13.2. The van der Waals surface area contributed by atoms with E-state index in [1.807, 2.05) is 12.1 Å². The summed E-state index contributed by atoms with van der Waals surface area (Å²) in [4.78, 5) is 11.9. The molecular formula is C14H10BrClFNO. The van der Waals surface area contributed by atoms with Crippen molar-refractivity contribution in [2.75, 3.05) is 0 Å². The number of carbonyl (C=O) groups is 1. The van der Waals surface area contributed by atoms with Gasteiger partial charge in [-0.2, -0.15) is 0 Å². The molecule has 2 rings (SSSR count). The zero-order valence-electron chi connectivity index (χ0n) is 9.79. The van der Waals surface area contributed by atoms with Gasteiger partial charge >= 0.3 is 0 Å². The molecule has 0 aromatic heterocycles. The summed E-state index contributed by atoms with van der Waals surface area (Å²) in [7, 11) is 0. The molecule has 19 heavy (non-hydrogen) atoms. The molecule has 0 radical (unpaired) electrons. The molecule has 0 aliphatic carbocycles. The predicted molar refractivity (Wildman–Crippen MR) is 76.7 cm³/mol. The minimum Gasteiger partial charge on any atom is -0.348 e. The lowest BCUT2D eigenvalue weighted by Crippen LogP contribution is -2.22. The van der Waals surface area contributed by atoms with Crippen LogP contribution in [0, 0.1) is 5.82 Å². The Morgan fingerprint density at radius 2 is 1.89 bits per heavy atom. The van der Waals surface area contributed by atoms with E-state index in [1.54, 1.807) is 18.2 Å². The Balaban J connectivity index is 2.03. The third kappa shape index (κ3) is 4.04. The molecule has 0 saturated carbocycles. The molecule has 2 nitrogen and oxygen atoms in total. The predicted octanol–water partition coefficient (Wildman–Crippen LogP) is 4.17. The summed E-state index contributed by atoms with van der Waals surface area (Å²) in [6, 6.07) is 11.2. The number of halogens is 3. The van der Waals surface area contributed by atoms with Gasteiger partial charge in [0, 0.05) is 21.6 Å². The summed E-state index contributed by atoms with van der Waals surface area (Å²) in [6.07, 6.45) is 0. The molecule has 0 heterocycles. The van der Waals surface area contributed by atoms with Crippen LogP contribution in [0.3, 0.4) is 0 Å². The molecule has 0 atom stereocenters. The molecule has 0 aliphatic heterocycles. The summed E-state index contributed by atoms with van der Waals surface area (Å²) in [5.74, 6) is -0.777. The van der Waals surface area contributed by atoms with Crippen molar-refractivity contribution in [3.8, 4) is 0 Å². The van der Waals surface area contributed by atoms with E-state index in [-0.39, 0.29) is 11.5 Å². The first-order chi connectivity index (χ1) is 9.04. The van der Waals surface area contributed by atoms with Crippen molar-refractivity contribution in [3.05, 3.63) is 68.9 Å². The third-order valence-corrected chi connectivity index (χ3v) is 3.20. The average molecular weight is 343 g/mol. The van der Waals surface area contributed by atoms with Gasteiger partial charge in [0.15, 0.2) is 0 Å². The number of rotatable bonds is 3. The first-order valence-corrected chi connectivity index (χ1v) is 6.70. The van der Waals surface area contributed by atoms with E-state index in [9.17, 15) is 9.18 Å². The van der Waals surface area contributed by atoms with E-state index >= 15 is 0 Å². The lowest BCUT2D eigenvalue weighted by atomic mass is 10.2. The van der Waals surface area contributed by atoms with Crippen LogP contribution in [0.4, 0.5) is 4.39 Å². The van der Waals surface area contributed by atoms with Crippen LogP contribution >= 0.6 is 27.5 Å². The monoisotopic (exact) mass is 341 g/mol. The highest BCUT2D eigenvalue weighted by atomic mass is 79.9. The minimum atomic E-state index is -0.453. The van der Waals surface area contributed by atoms with E-state index in [1.165, 1.54) is 12.1 Å². The Kier molecular flexibility index (Phi) is 4.56. The second-order valence-electron chi connectivity index (χ2n) is 3.97. The number of benzene rings is 2. The molecule has 1 amide bonds. The van der Waals surface area contributed by atoms with Crippen LogP contribution in [0.5, 0.6) is 0 Å². The minimum absolute atomic E-state index is 0.279. The third-order valence-electron chi connectivity index (χ3n) is 2.49. The Morgan fingerprint density at radius 3 is 2.53 bits per heavy atom. The molecule has 0 unspecified atom stereocenters. The lowest BCUT2D eigenvalue weighted by molar-refractivity contribution is 0.0950. The van der Waals surface area contributed by atoms with Crippen molar-refractivity contribution in [2.24, 2.45) is 0 Å². The molecule has 0 aliphatic rings. The van der Waals surface area contributed by atoms with Crippen LogP contribution in [0.2, 0.25) is 5.02 Å². The van der Waals surface area contributed by atoms with E-state index < -0.39 is 5.82 Å². The zero-order chi connectivity index (χ0) is 13.8. The summed E-state index contributed by atoms with van der Waals surface area (Å²) >= 11 is 8.92. The van der Waals surface area contributed by atoms with Crippen LogP contribution in [0.25, 0.3) is 0 Å². The van der Waals surface area contributed by atoms with Crippen molar-refractivity contribution in [1.29, 1.82) is 0 Å². The highest BCUT2D eigenvalue weighted by Crippen LogP contribution is 2.15. The van der Waals surface area contributed by atoms with Crippen molar-refractivity contribution < 1.29 is 9.18 Å². The maximum Gasteiger partial charge on any atom is 0.251 e. The summed E-state index contributed by atoms with van der Waals surface area (Å²) in [6.45, 7) is 0.365. The average Bonchev–Trinajstić information content (AvgIpc) is 2.36. The van der Waals surface area contributed by atoms with Gasteiger partial charge in [-0.25, -0.2) is 4.39 Å². The fourth-order valence-electron chi connectivity index (χ4n) is 1.57. The Hall–Kier alpha value is -1.39. The van der Waals surface area contributed by atoms with Crippen molar-refractivity contribution in [2.45, 2.75) is 6.54 Å². The van der Waals surface area contributed by atoms with Crippen LogP contribution in [-0.2, 0) is 6.54 Å². The molecule has 0 spiro atoms. The zero-order valence-corrected chi connectivity index (χ0v) is 12.1. The second-order valence-corrected chi connectivity index (χ2v) is 5.32. The van der Waals surface area contributed by atoms with Gasteiger partial charge in [0.25, 0.3) is 5.91 Å². The van der Waals surface area contributed by atoms with Gasteiger partial charge in [-0.15, -0.1) is 0 Å². The summed E-state index contributed by atoms with van der Waals surface area (Å²) in [5.41, 5.74) is 1.20. The van der Waals surface area contributed by atoms with Gasteiger partial charge in [0.1, 0.15) is 5.82 Å². The highest BCUT2D eigenvalue weighted by Gasteiger charge is 2.08. The van der Waals surface area contributed by atoms with Gasteiger partial charge in [-0.3, -0.25) is 4.79 Å². The first kappa shape index (κ1) is 14.0. The SMILES string of the molecule is O=C(NCc1ccc(Cl)cc1)c1cc(F)cc(Br)c1. The number of nitrogens with one attached hydrogen (secondary N) is 1. The first-order valence-electron chi connectivity index (χ1n) is 5.53. The molecule has 2 aromatic rings. The van der Waals surface area contributed by atoms with E-state index in [2.05, 4.69) is 21.2 Å². The van der Waals surface area contributed by atoms with Gasteiger partial charge < -0.3 is 5.32 Å². The topological polar surface area (TPSA) is 29.1 Å². The molecule has 0 saturated heterocycles. The van der Waals surface area contributed by atoms with Gasteiger partial charge in [-0.1, -0.05) is 39.7 Å². The van der Waals surface area contributed by atoms with E-state index in [4.69, 9.17) is 11.6 Å². The van der Waals surface area contributed by atoms with Gasteiger partial charge in [-0.05, 0) is 35.9 Å². The molecule has 0 fully saturated rings. The fraction of sp³-hybridized carbons (Fsp3) is 0.0714. The number of carbonyl (C=O) groups excluding carboxylic acids is 1. The standard InChI is InChI=1S/C14H10BrClFNO/c15-11-5-10(6-13(17)7-11)14(19)18-8-9-1-3-12(16)4-2-9/h1-7H,8H2,(H,18,19). The molecule has 98 valence electrons. The molecule has 5 heteroatoms. The van der Waals surface area contributed by atoms with Crippen LogP contribution < -0.4 is 5.32 Å². The van der Waals surface area contributed by atoms with Crippen molar-refractivity contribution >= 4 is 33.4 Å². The Bertz CT molecular complexity index is 581. The molecule has 1 N–H and O–H groups in total. The summed E-state index contributed by atoms with van der Waals surface area (Å²) < 4.78 is 13.7. The molecule has 0 bridgehead atoms. The normalized spacial score (nSPS) is 10.3. The highest BCUT2D eigenvalue weighted by molar-refractivity contribution is 9.10. The second kappa shape index (κ2) is 6.17. The van der Waals surface area contributed by atoms with Crippen LogP contribution in [0.15, 0.2) is 46.9 Å². The molecular weight excluding hydrogens is 333 g/mol.